The Morgan fingerprint density at radius 1 is 0.266 bits per heavy atom. The van der Waals surface area contributed by atoms with Gasteiger partial charge in [0.1, 0.15) is 0 Å². The summed E-state index contributed by atoms with van der Waals surface area (Å²) in [4.78, 5) is 2.42. The van der Waals surface area contributed by atoms with Crippen LogP contribution in [0.25, 0.3) is 93.5 Å². The number of anilines is 3. The van der Waals surface area contributed by atoms with Crippen molar-refractivity contribution in [3.63, 3.8) is 0 Å². The van der Waals surface area contributed by atoms with Crippen molar-refractivity contribution in [2.24, 2.45) is 0 Å². The van der Waals surface area contributed by atoms with Crippen LogP contribution < -0.4 is 4.90 Å². The fourth-order valence-corrected chi connectivity index (χ4v) is 9.61. The lowest BCUT2D eigenvalue weighted by Gasteiger charge is -2.28. The van der Waals surface area contributed by atoms with Gasteiger partial charge in [0.05, 0.1) is 16.7 Å². The van der Waals surface area contributed by atoms with E-state index >= 15 is 0 Å². The van der Waals surface area contributed by atoms with Crippen LogP contribution in [0.4, 0.5) is 17.1 Å². The maximum absolute atomic E-state index is 2.42. The van der Waals surface area contributed by atoms with E-state index in [4.69, 9.17) is 0 Å². The zero-order valence-corrected chi connectivity index (χ0v) is 35.1. The molecule has 0 amide bonds. The zero-order chi connectivity index (χ0) is 42.4. The first-order valence-electron chi connectivity index (χ1n) is 22.0. The molecule has 2 nitrogen and oxygen atoms in total. The number of benzene rings is 11. The van der Waals surface area contributed by atoms with Crippen molar-refractivity contribution in [3.8, 4) is 50.2 Å². The largest absolute Gasteiger partial charge is 0.310 e. The SMILES string of the molecule is c1ccc(-c2ccc(-c3ccc(N(c4ccc(-c5ccc6c(c5)c5cc(-c7ccccc7)ccc5n6-c5ccccc5)cc4)c4cccc5ccc6ccccc6c45)cc3)cc2)cc1. The van der Waals surface area contributed by atoms with Crippen molar-refractivity contribution >= 4 is 60.4 Å². The van der Waals surface area contributed by atoms with Gasteiger partial charge in [-0.15, -0.1) is 0 Å². The van der Waals surface area contributed by atoms with E-state index in [0.29, 0.717) is 0 Å². The number of rotatable bonds is 8. The highest BCUT2D eigenvalue weighted by atomic mass is 15.1. The molecule has 300 valence electrons. The molecule has 11 aromatic carbocycles. The Labute approximate surface area is 373 Å². The Bertz CT molecular complexity index is 3610. The van der Waals surface area contributed by atoms with Crippen LogP contribution in [0.2, 0.25) is 0 Å². The Kier molecular flexibility index (Phi) is 9.20. The maximum Gasteiger partial charge on any atom is 0.0546 e. The summed E-state index contributed by atoms with van der Waals surface area (Å²) in [5.74, 6) is 0. The van der Waals surface area contributed by atoms with Crippen LogP contribution in [-0.4, -0.2) is 4.57 Å². The Morgan fingerprint density at radius 2 is 0.672 bits per heavy atom. The average Bonchev–Trinajstić information content (AvgIpc) is 3.70. The van der Waals surface area contributed by atoms with Crippen LogP contribution in [0, 0.1) is 0 Å². The van der Waals surface area contributed by atoms with Gasteiger partial charge >= 0.3 is 0 Å². The van der Waals surface area contributed by atoms with Gasteiger partial charge in [0.2, 0.25) is 0 Å². The second-order valence-electron chi connectivity index (χ2n) is 16.5. The van der Waals surface area contributed by atoms with Crippen molar-refractivity contribution in [1.82, 2.24) is 4.57 Å². The predicted molar refractivity (Wildman–Crippen MR) is 272 cm³/mol. The third kappa shape index (κ3) is 6.61. The lowest BCUT2D eigenvalue weighted by Crippen LogP contribution is -2.10. The third-order valence-electron chi connectivity index (χ3n) is 12.8. The molecule has 0 aliphatic rings. The van der Waals surface area contributed by atoms with Gasteiger partial charge in [0, 0.05) is 33.2 Å². The minimum absolute atomic E-state index is 1.10. The first kappa shape index (κ1) is 37.3. The maximum atomic E-state index is 2.42. The van der Waals surface area contributed by atoms with Crippen LogP contribution >= 0.6 is 0 Å². The minimum Gasteiger partial charge on any atom is -0.310 e. The summed E-state index contributed by atoms with van der Waals surface area (Å²) in [6.07, 6.45) is 0. The van der Waals surface area contributed by atoms with Gasteiger partial charge in [-0.2, -0.15) is 0 Å². The second kappa shape index (κ2) is 15.8. The van der Waals surface area contributed by atoms with Crippen molar-refractivity contribution in [1.29, 1.82) is 0 Å². The van der Waals surface area contributed by atoms with E-state index in [1.54, 1.807) is 0 Å². The van der Waals surface area contributed by atoms with E-state index in [-0.39, 0.29) is 0 Å². The molecule has 64 heavy (non-hydrogen) atoms. The number of hydrogen-bond acceptors (Lipinski definition) is 1. The van der Waals surface area contributed by atoms with E-state index in [1.807, 2.05) is 0 Å². The number of nitrogens with zero attached hydrogens (tertiary/aromatic N) is 2. The van der Waals surface area contributed by atoms with Gasteiger partial charge in [-0.1, -0.05) is 188 Å². The van der Waals surface area contributed by atoms with Gasteiger partial charge in [-0.05, 0) is 127 Å². The molecule has 0 saturated carbocycles. The Morgan fingerprint density at radius 3 is 1.23 bits per heavy atom. The summed E-state index contributed by atoms with van der Waals surface area (Å²) in [6, 6.07) is 92.6. The van der Waals surface area contributed by atoms with Gasteiger partial charge in [0.15, 0.2) is 0 Å². The molecule has 1 aromatic heterocycles. The van der Waals surface area contributed by atoms with Crippen LogP contribution in [0.15, 0.2) is 255 Å². The molecule has 0 saturated heterocycles. The quantitative estimate of drug-likeness (QED) is 0.139. The van der Waals surface area contributed by atoms with E-state index in [0.717, 1.165) is 22.7 Å². The molecule has 12 rings (SSSR count). The van der Waals surface area contributed by atoms with E-state index in [2.05, 4.69) is 264 Å². The summed E-state index contributed by atoms with van der Waals surface area (Å²) in [5, 5.41) is 7.39. The zero-order valence-electron chi connectivity index (χ0n) is 35.1. The molecule has 0 aliphatic carbocycles. The highest BCUT2D eigenvalue weighted by Crippen LogP contribution is 2.43. The molecule has 0 bridgehead atoms. The second-order valence-corrected chi connectivity index (χ2v) is 16.5. The lowest BCUT2D eigenvalue weighted by molar-refractivity contribution is 1.18. The summed E-state index contributed by atoms with van der Waals surface area (Å²) in [6.45, 7) is 0. The summed E-state index contributed by atoms with van der Waals surface area (Å²) >= 11 is 0. The van der Waals surface area contributed by atoms with Crippen molar-refractivity contribution in [2.45, 2.75) is 0 Å². The monoisotopic (exact) mass is 814 g/mol. The summed E-state index contributed by atoms with van der Waals surface area (Å²) in [5.41, 5.74) is 16.5. The number of fused-ring (bicyclic) bond motifs is 6. The topological polar surface area (TPSA) is 8.17 Å². The van der Waals surface area contributed by atoms with Crippen LogP contribution in [0.5, 0.6) is 0 Å². The van der Waals surface area contributed by atoms with Crippen molar-refractivity contribution < 1.29 is 0 Å². The van der Waals surface area contributed by atoms with E-state index in [9.17, 15) is 0 Å². The first-order valence-corrected chi connectivity index (χ1v) is 22.0. The standard InChI is InChI=1S/C62H42N2/c1-4-13-43(14-5-1)45-23-25-46(26-24-45)47-29-35-54(36-30-47)63(61-22-12-18-50-28-27-49-17-10-11-21-56(49)62(50)61)55-37-31-48(32-38-55)52-34-40-60-58(42-52)57-41-51(44-15-6-2-7-16-44)33-39-59(57)64(60)53-19-8-3-9-20-53/h1-42H. The minimum atomic E-state index is 1.10. The fourth-order valence-electron chi connectivity index (χ4n) is 9.61. The number of hydrogen-bond donors (Lipinski definition) is 0. The number of aromatic nitrogens is 1. The highest BCUT2D eigenvalue weighted by molar-refractivity contribution is 6.15. The molecule has 0 spiro atoms. The predicted octanol–water partition coefficient (Wildman–Crippen LogP) is 17.2. The van der Waals surface area contributed by atoms with Crippen molar-refractivity contribution in [3.05, 3.63) is 255 Å². The normalized spacial score (nSPS) is 11.4. The Balaban J connectivity index is 0.966. The van der Waals surface area contributed by atoms with Gasteiger partial charge in [-0.25, -0.2) is 0 Å². The summed E-state index contributed by atoms with van der Waals surface area (Å²) in [7, 11) is 0. The van der Waals surface area contributed by atoms with Crippen molar-refractivity contribution in [2.75, 3.05) is 4.90 Å². The molecule has 0 radical (unpaired) electrons. The average molecular weight is 815 g/mol. The van der Waals surface area contributed by atoms with E-state index in [1.165, 1.54) is 87.9 Å². The molecule has 0 aliphatic heterocycles. The molecule has 12 aromatic rings. The highest BCUT2D eigenvalue weighted by Gasteiger charge is 2.19. The van der Waals surface area contributed by atoms with Crippen LogP contribution in [-0.2, 0) is 0 Å². The smallest absolute Gasteiger partial charge is 0.0546 e. The van der Waals surface area contributed by atoms with E-state index < -0.39 is 0 Å². The van der Waals surface area contributed by atoms with Crippen LogP contribution in [0.3, 0.4) is 0 Å². The fraction of sp³-hybridized carbons (Fsp3) is 0. The summed E-state index contributed by atoms with van der Waals surface area (Å²) < 4.78 is 2.39. The Hall–Kier alpha value is -8.46. The molecule has 1 heterocycles. The molecular weight excluding hydrogens is 773 g/mol. The lowest BCUT2D eigenvalue weighted by atomic mass is 9.98. The molecule has 0 unspecified atom stereocenters. The van der Waals surface area contributed by atoms with Gasteiger partial charge in [0.25, 0.3) is 0 Å². The third-order valence-corrected chi connectivity index (χ3v) is 12.8. The molecule has 0 atom stereocenters. The number of para-hydroxylation sites is 1. The molecule has 0 fully saturated rings. The molecular formula is C62H42N2. The van der Waals surface area contributed by atoms with Gasteiger partial charge in [-0.3, -0.25) is 0 Å². The van der Waals surface area contributed by atoms with Crippen LogP contribution in [0.1, 0.15) is 0 Å². The molecule has 0 N–H and O–H groups in total. The molecule has 2 heteroatoms. The first-order chi connectivity index (χ1) is 31.7. The van der Waals surface area contributed by atoms with Gasteiger partial charge < -0.3 is 9.47 Å².